The molecule has 3 atom stereocenters. The van der Waals surface area contributed by atoms with E-state index in [0.717, 1.165) is 29.7 Å². The molecule has 1 aliphatic carbocycles. The molecule has 4 heteroatoms. The summed E-state index contributed by atoms with van der Waals surface area (Å²) in [5, 5.41) is 7.65. The second-order valence-corrected chi connectivity index (χ2v) is 7.02. The molecule has 0 unspecified atom stereocenters. The van der Waals surface area contributed by atoms with E-state index in [0.29, 0.717) is 11.8 Å². The number of benzene rings is 1. The lowest BCUT2D eigenvalue weighted by Crippen LogP contribution is -2.43. The summed E-state index contributed by atoms with van der Waals surface area (Å²) in [7, 11) is 0. The Bertz CT molecular complexity index is 730. The van der Waals surface area contributed by atoms with Crippen molar-refractivity contribution in [2.45, 2.75) is 19.4 Å². The number of aromatic nitrogens is 1. The van der Waals surface area contributed by atoms with Crippen molar-refractivity contribution < 1.29 is 4.79 Å². The summed E-state index contributed by atoms with van der Waals surface area (Å²) >= 11 is 0. The molecule has 4 rings (SSSR count). The number of carbonyl (C=O) groups is 1. The van der Waals surface area contributed by atoms with Gasteiger partial charge in [-0.05, 0) is 50.9 Å². The minimum Gasteiger partial charge on any atom is -0.345 e. The molecule has 22 heavy (non-hydrogen) atoms. The van der Waals surface area contributed by atoms with Crippen molar-refractivity contribution in [1.29, 1.82) is 0 Å². The Labute approximate surface area is 130 Å². The molecule has 0 radical (unpaired) electrons. The molecule has 1 amide bonds. The van der Waals surface area contributed by atoms with E-state index in [1.807, 2.05) is 38.1 Å². The van der Waals surface area contributed by atoms with Gasteiger partial charge in [-0.3, -0.25) is 9.78 Å². The highest BCUT2D eigenvalue weighted by atomic mass is 16.2. The molecule has 114 valence electrons. The van der Waals surface area contributed by atoms with Crippen LogP contribution in [0.5, 0.6) is 0 Å². The molecule has 0 spiro atoms. The number of hydrogen-bond donors (Lipinski definition) is 2. The van der Waals surface area contributed by atoms with E-state index in [1.54, 1.807) is 0 Å². The molecular formula is C18H21N3O. The second kappa shape index (κ2) is 4.78. The predicted octanol–water partition coefficient (Wildman–Crippen LogP) is 2.05. The van der Waals surface area contributed by atoms with Gasteiger partial charge >= 0.3 is 0 Å². The number of para-hydroxylation sites is 1. The van der Waals surface area contributed by atoms with Crippen molar-refractivity contribution in [3.8, 4) is 0 Å². The molecule has 1 aliphatic heterocycles. The summed E-state index contributed by atoms with van der Waals surface area (Å²) in [6, 6.07) is 12.1. The average Bonchev–Trinajstić information content (AvgIpc) is 3.00. The fraction of sp³-hybridized carbons (Fsp3) is 0.444. The molecule has 2 aromatic rings. The summed E-state index contributed by atoms with van der Waals surface area (Å²) in [5.41, 5.74) is 1.42. The number of rotatable bonds is 3. The maximum atomic E-state index is 12.5. The summed E-state index contributed by atoms with van der Waals surface area (Å²) in [4.78, 5) is 17.2. The highest BCUT2D eigenvalue weighted by Crippen LogP contribution is 2.49. The minimum absolute atomic E-state index is 0.177. The first kappa shape index (κ1) is 13.7. The highest BCUT2D eigenvalue weighted by Gasteiger charge is 2.57. The Hall–Kier alpha value is -1.94. The van der Waals surface area contributed by atoms with Crippen molar-refractivity contribution in [3.63, 3.8) is 0 Å². The van der Waals surface area contributed by atoms with Gasteiger partial charge in [-0.1, -0.05) is 24.3 Å². The van der Waals surface area contributed by atoms with Crippen molar-refractivity contribution >= 4 is 16.8 Å². The van der Waals surface area contributed by atoms with Crippen LogP contribution in [0.4, 0.5) is 0 Å². The zero-order valence-corrected chi connectivity index (χ0v) is 13.0. The van der Waals surface area contributed by atoms with E-state index < -0.39 is 5.54 Å². The Balaban J connectivity index is 1.55. The Morgan fingerprint density at radius 2 is 1.91 bits per heavy atom. The third-order valence-electron chi connectivity index (χ3n) is 5.07. The Morgan fingerprint density at radius 1 is 1.18 bits per heavy atom. The van der Waals surface area contributed by atoms with E-state index >= 15 is 0 Å². The molecule has 2 N–H and O–H groups in total. The van der Waals surface area contributed by atoms with E-state index in [1.165, 1.54) is 0 Å². The lowest BCUT2D eigenvalue weighted by atomic mass is 9.98. The first-order valence-corrected chi connectivity index (χ1v) is 7.95. The van der Waals surface area contributed by atoms with Crippen molar-refractivity contribution in [2.75, 3.05) is 13.1 Å². The summed E-state index contributed by atoms with van der Waals surface area (Å²) in [6.07, 6.45) is 0. The minimum atomic E-state index is -0.453. The number of carbonyl (C=O) groups excluding carboxylic acids is 1. The monoisotopic (exact) mass is 295 g/mol. The Morgan fingerprint density at radius 3 is 2.68 bits per heavy atom. The van der Waals surface area contributed by atoms with E-state index in [9.17, 15) is 4.79 Å². The van der Waals surface area contributed by atoms with Crippen LogP contribution in [0.15, 0.2) is 36.4 Å². The van der Waals surface area contributed by atoms with Gasteiger partial charge in [-0.25, -0.2) is 0 Å². The molecule has 2 fully saturated rings. The van der Waals surface area contributed by atoms with E-state index in [2.05, 4.69) is 22.8 Å². The maximum Gasteiger partial charge on any atom is 0.224 e. The number of nitrogens with one attached hydrogen (secondary N) is 2. The Kier molecular flexibility index (Phi) is 2.98. The van der Waals surface area contributed by atoms with Gasteiger partial charge in [0.1, 0.15) is 0 Å². The number of hydrogen-bond acceptors (Lipinski definition) is 3. The van der Waals surface area contributed by atoms with Crippen LogP contribution >= 0.6 is 0 Å². The van der Waals surface area contributed by atoms with Crippen LogP contribution in [-0.4, -0.2) is 24.0 Å². The predicted molar refractivity (Wildman–Crippen MR) is 86.3 cm³/mol. The summed E-state index contributed by atoms with van der Waals surface area (Å²) in [6.45, 7) is 6.02. The van der Waals surface area contributed by atoms with Gasteiger partial charge in [0.05, 0.1) is 16.7 Å². The molecule has 1 saturated carbocycles. The first-order chi connectivity index (χ1) is 10.6. The number of piperidine rings is 1. The van der Waals surface area contributed by atoms with Gasteiger partial charge in [0.25, 0.3) is 0 Å². The number of amides is 1. The zero-order chi connectivity index (χ0) is 15.3. The molecule has 4 nitrogen and oxygen atoms in total. The average molecular weight is 295 g/mol. The van der Waals surface area contributed by atoms with Crippen LogP contribution in [0.1, 0.15) is 19.5 Å². The van der Waals surface area contributed by atoms with Crippen LogP contribution < -0.4 is 10.6 Å². The fourth-order valence-corrected chi connectivity index (χ4v) is 3.68. The third-order valence-corrected chi connectivity index (χ3v) is 5.07. The van der Waals surface area contributed by atoms with E-state index in [4.69, 9.17) is 4.98 Å². The standard InChI is InChI=1S/C18H21N3O/c1-18(2,21-17(22)16-12-9-19-10-13(12)16)15-8-7-11-5-3-4-6-14(11)20-15/h3-8,12-13,16,19H,9-10H2,1-2H3,(H,21,22)/t12-,13+,16+. The van der Waals surface area contributed by atoms with Crippen LogP contribution in [0.3, 0.4) is 0 Å². The fourth-order valence-electron chi connectivity index (χ4n) is 3.68. The van der Waals surface area contributed by atoms with Gasteiger partial charge < -0.3 is 10.6 Å². The quantitative estimate of drug-likeness (QED) is 0.911. The van der Waals surface area contributed by atoms with Crippen molar-refractivity contribution in [2.24, 2.45) is 17.8 Å². The van der Waals surface area contributed by atoms with Crippen molar-refractivity contribution in [1.82, 2.24) is 15.6 Å². The number of nitrogens with zero attached hydrogens (tertiary/aromatic N) is 1. The SMILES string of the molecule is CC(C)(NC(=O)[C@H]1[C@@H]2CNC[C@@H]21)c1ccc2ccccc2n1. The van der Waals surface area contributed by atoms with Gasteiger partial charge in [-0.15, -0.1) is 0 Å². The second-order valence-electron chi connectivity index (χ2n) is 7.02. The lowest BCUT2D eigenvalue weighted by Gasteiger charge is -2.26. The molecule has 1 aromatic carbocycles. The van der Waals surface area contributed by atoms with Gasteiger partial charge in [-0.2, -0.15) is 0 Å². The zero-order valence-electron chi connectivity index (χ0n) is 13.0. The number of fused-ring (bicyclic) bond motifs is 2. The van der Waals surface area contributed by atoms with Crippen LogP contribution in [0, 0.1) is 17.8 Å². The lowest BCUT2D eigenvalue weighted by molar-refractivity contribution is -0.124. The largest absolute Gasteiger partial charge is 0.345 e. The molecule has 2 aliphatic rings. The normalized spacial score (nSPS) is 26.7. The van der Waals surface area contributed by atoms with Gasteiger partial charge in [0, 0.05) is 11.3 Å². The van der Waals surface area contributed by atoms with Gasteiger partial charge in [0.15, 0.2) is 0 Å². The van der Waals surface area contributed by atoms with Crippen LogP contribution in [0.2, 0.25) is 0 Å². The molecule has 1 saturated heterocycles. The van der Waals surface area contributed by atoms with Crippen LogP contribution in [-0.2, 0) is 10.3 Å². The molecule has 2 heterocycles. The molecule has 0 bridgehead atoms. The van der Waals surface area contributed by atoms with Gasteiger partial charge in [0.2, 0.25) is 5.91 Å². The third kappa shape index (κ3) is 2.18. The first-order valence-electron chi connectivity index (χ1n) is 7.95. The van der Waals surface area contributed by atoms with E-state index in [-0.39, 0.29) is 11.8 Å². The van der Waals surface area contributed by atoms with Crippen LogP contribution in [0.25, 0.3) is 10.9 Å². The maximum absolute atomic E-state index is 12.5. The molecular weight excluding hydrogens is 274 g/mol. The molecule has 1 aromatic heterocycles. The summed E-state index contributed by atoms with van der Waals surface area (Å²) < 4.78 is 0. The topological polar surface area (TPSA) is 54.0 Å². The van der Waals surface area contributed by atoms with Crippen molar-refractivity contribution in [3.05, 3.63) is 42.1 Å². The smallest absolute Gasteiger partial charge is 0.224 e. The highest BCUT2D eigenvalue weighted by molar-refractivity contribution is 5.83. The summed E-state index contributed by atoms with van der Waals surface area (Å²) in [5.74, 6) is 1.46. The number of pyridine rings is 1.